The molecule has 0 radical (unpaired) electrons. The van der Waals surface area contributed by atoms with E-state index in [-0.39, 0.29) is 30.1 Å². The molecule has 32 heavy (non-hydrogen) atoms. The van der Waals surface area contributed by atoms with Crippen LogP contribution in [0.1, 0.15) is 48.2 Å². The lowest BCUT2D eigenvalue weighted by atomic mass is 10.1. The van der Waals surface area contributed by atoms with Gasteiger partial charge in [0.15, 0.2) is 5.69 Å². The summed E-state index contributed by atoms with van der Waals surface area (Å²) in [5, 5.41) is 17.0. The van der Waals surface area contributed by atoms with E-state index in [0.29, 0.717) is 31.5 Å². The van der Waals surface area contributed by atoms with Gasteiger partial charge in [-0.15, -0.1) is 10.1 Å². The Morgan fingerprint density at radius 3 is 2.56 bits per heavy atom. The first kappa shape index (κ1) is 23.7. The van der Waals surface area contributed by atoms with E-state index in [4.69, 9.17) is 0 Å². The van der Waals surface area contributed by atoms with Crippen molar-refractivity contribution in [2.24, 2.45) is 0 Å². The van der Waals surface area contributed by atoms with E-state index in [2.05, 4.69) is 15.3 Å². The summed E-state index contributed by atoms with van der Waals surface area (Å²) in [7, 11) is -3.00. The SMILES string of the molecule is Cc1c(C(=O)NC2CCS(=O)(=O)CC2)nn(CCCCCO[N+](=O)[O-])c1-c1ccccc1. The van der Waals surface area contributed by atoms with Crippen molar-refractivity contribution in [2.75, 3.05) is 18.1 Å². The van der Waals surface area contributed by atoms with Crippen LogP contribution < -0.4 is 5.32 Å². The van der Waals surface area contributed by atoms with Crippen LogP contribution in [0.25, 0.3) is 11.3 Å². The van der Waals surface area contributed by atoms with Crippen LogP contribution in [0.2, 0.25) is 0 Å². The third kappa shape index (κ3) is 6.28. The molecule has 1 fully saturated rings. The van der Waals surface area contributed by atoms with Gasteiger partial charge >= 0.3 is 0 Å². The van der Waals surface area contributed by atoms with Crippen LogP contribution in [0, 0.1) is 17.0 Å². The molecular formula is C21H28N4O6S. The van der Waals surface area contributed by atoms with E-state index in [1.165, 1.54) is 0 Å². The van der Waals surface area contributed by atoms with Crippen molar-refractivity contribution in [3.05, 3.63) is 51.7 Å². The van der Waals surface area contributed by atoms with Crippen LogP contribution >= 0.6 is 0 Å². The number of carbonyl (C=O) groups excluding carboxylic acids is 1. The smallest absolute Gasteiger partial charge is 0.294 e. The highest BCUT2D eigenvalue weighted by molar-refractivity contribution is 7.91. The fraction of sp³-hybridized carbons (Fsp3) is 0.524. The van der Waals surface area contributed by atoms with Gasteiger partial charge in [-0.3, -0.25) is 9.48 Å². The Kier molecular flexibility index (Phi) is 7.84. The van der Waals surface area contributed by atoms with E-state index in [9.17, 15) is 23.3 Å². The molecule has 1 aliphatic heterocycles. The molecule has 1 aliphatic rings. The molecule has 1 aromatic carbocycles. The Bertz CT molecular complexity index is 1040. The third-order valence-corrected chi connectivity index (χ3v) is 7.27. The van der Waals surface area contributed by atoms with Gasteiger partial charge in [-0.1, -0.05) is 30.3 Å². The number of benzene rings is 1. The molecule has 174 valence electrons. The van der Waals surface area contributed by atoms with E-state index >= 15 is 0 Å². The molecule has 0 aliphatic carbocycles. The van der Waals surface area contributed by atoms with Gasteiger partial charge in [0.1, 0.15) is 9.84 Å². The molecule has 2 aromatic rings. The van der Waals surface area contributed by atoms with Crippen molar-refractivity contribution in [3.63, 3.8) is 0 Å². The van der Waals surface area contributed by atoms with Crippen LogP contribution in [0.5, 0.6) is 0 Å². The zero-order valence-electron chi connectivity index (χ0n) is 18.0. The van der Waals surface area contributed by atoms with Crippen molar-refractivity contribution in [3.8, 4) is 11.3 Å². The molecule has 0 spiro atoms. The molecule has 1 N–H and O–H groups in total. The van der Waals surface area contributed by atoms with Gasteiger partial charge < -0.3 is 10.2 Å². The van der Waals surface area contributed by atoms with E-state index in [1.54, 1.807) is 4.68 Å². The maximum Gasteiger partial charge on any atom is 0.294 e. The Morgan fingerprint density at radius 2 is 1.91 bits per heavy atom. The number of nitrogens with one attached hydrogen (secondary N) is 1. The first-order valence-electron chi connectivity index (χ1n) is 10.7. The second-order valence-corrected chi connectivity index (χ2v) is 10.2. The van der Waals surface area contributed by atoms with Gasteiger partial charge in [0.2, 0.25) is 0 Å². The lowest BCUT2D eigenvalue weighted by Crippen LogP contribution is -2.41. The number of unbranched alkanes of at least 4 members (excludes halogenated alkanes) is 2. The first-order chi connectivity index (χ1) is 15.3. The number of hydrogen-bond acceptors (Lipinski definition) is 7. The predicted molar refractivity (Wildman–Crippen MR) is 118 cm³/mol. The highest BCUT2D eigenvalue weighted by atomic mass is 32.2. The zero-order valence-corrected chi connectivity index (χ0v) is 18.8. The largest absolute Gasteiger partial charge is 0.348 e. The monoisotopic (exact) mass is 464 g/mol. The molecule has 1 amide bonds. The molecule has 1 aromatic heterocycles. The Morgan fingerprint density at radius 1 is 1.22 bits per heavy atom. The predicted octanol–water partition coefficient (Wildman–Crippen LogP) is 2.54. The highest BCUT2D eigenvalue weighted by Crippen LogP contribution is 2.27. The van der Waals surface area contributed by atoms with Crippen molar-refractivity contribution in [1.82, 2.24) is 15.1 Å². The number of aromatic nitrogens is 2. The molecule has 0 bridgehead atoms. The lowest BCUT2D eigenvalue weighted by Gasteiger charge is -2.22. The van der Waals surface area contributed by atoms with Crippen LogP contribution in [0.3, 0.4) is 0 Å². The maximum absolute atomic E-state index is 13.0. The number of aryl methyl sites for hydroxylation is 1. The van der Waals surface area contributed by atoms with Gasteiger partial charge in [0.25, 0.3) is 11.0 Å². The maximum atomic E-state index is 13.0. The number of rotatable bonds is 10. The van der Waals surface area contributed by atoms with E-state index in [0.717, 1.165) is 29.7 Å². The summed E-state index contributed by atoms with van der Waals surface area (Å²) in [5.41, 5.74) is 2.88. The molecule has 0 saturated carbocycles. The Labute approximate surface area is 187 Å². The summed E-state index contributed by atoms with van der Waals surface area (Å²) in [4.78, 5) is 27.5. The molecule has 10 nitrogen and oxygen atoms in total. The van der Waals surface area contributed by atoms with Gasteiger partial charge in [0.05, 0.1) is 23.8 Å². The number of hydrogen-bond donors (Lipinski definition) is 1. The second-order valence-electron chi connectivity index (χ2n) is 7.93. The summed E-state index contributed by atoms with van der Waals surface area (Å²) in [6, 6.07) is 9.49. The third-order valence-electron chi connectivity index (χ3n) is 5.55. The molecular weight excluding hydrogens is 436 g/mol. The Hall–Kier alpha value is -2.95. The number of sulfone groups is 1. The normalized spacial score (nSPS) is 15.9. The average molecular weight is 465 g/mol. The molecule has 0 atom stereocenters. The summed E-state index contributed by atoms with van der Waals surface area (Å²) >= 11 is 0. The standard InChI is InChI=1S/C21H28N4O6S/c1-16-19(21(26)22-18-10-14-32(29,30)15-11-18)23-24(12-6-3-7-13-31-25(27)28)20(16)17-8-4-2-5-9-17/h2,4-5,8-9,18H,3,6-7,10-15H2,1H3,(H,22,26). The molecule has 1 saturated heterocycles. The summed E-state index contributed by atoms with van der Waals surface area (Å²) in [6.07, 6.45) is 2.82. The van der Waals surface area contributed by atoms with Crippen molar-refractivity contribution < 1.29 is 23.1 Å². The highest BCUT2D eigenvalue weighted by Gasteiger charge is 2.27. The van der Waals surface area contributed by atoms with Crippen LogP contribution in [-0.4, -0.2) is 53.3 Å². The lowest BCUT2D eigenvalue weighted by molar-refractivity contribution is -0.757. The minimum atomic E-state index is -3.00. The minimum absolute atomic E-state index is 0.0570. The molecule has 2 heterocycles. The summed E-state index contributed by atoms with van der Waals surface area (Å²) < 4.78 is 25.1. The van der Waals surface area contributed by atoms with Crippen molar-refractivity contribution in [2.45, 2.75) is 51.6 Å². The fourth-order valence-corrected chi connectivity index (χ4v) is 5.35. The average Bonchev–Trinajstić information content (AvgIpc) is 3.08. The first-order valence-corrected chi connectivity index (χ1v) is 12.5. The van der Waals surface area contributed by atoms with Gasteiger partial charge in [0, 0.05) is 23.7 Å². The van der Waals surface area contributed by atoms with Gasteiger partial charge in [-0.25, -0.2) is 8.42 Å². The summed E-state index contributed by atoms with van der Waals surface area (Å²) in [6.45, 7) is 2.47. The van der Waals surface area contributed by atoms with Gasteiger partial charge in [-0.05, 0) is 39.0 Å². The fourth-order valence-electron chi connectivity index (χ4n) is 3.86. The quantitative estimate of drug-likeness (QED) is 0.324. The molecule has 3 rings (SSSR count). The Balaban J connectivity index is 1.72. The van der Waals surface area contributed by atoms with Crippen molar-refractivity contribution >= 4 is 15.7 Å². The van der Waals surface area contributed by atoms with Crippen LogP contribution in [-0.2, 0) is 21.2 Å². The second kappa shape index (κ2) is 10.6. The zero-order chi connectivity index (χ0) is 23.1. The van der Waals surface area contributed by atoms with Crippen molar-refractivity contribution in [1.29, 1.82) is 0 Å². The number of carbonyl (C=O) groups is 1. The number of amides is 1. The topological polar surface area (TPSA) is 133 Å². The molecule has 11 heteroatoms. The minimum Gasteiger partial charge on any atom is -0.348 e. The molecule has 0 unspecified atom stereocenters. The van der Waals surface area contributed by atoms with Crippen LogP contribution in [0.15, 0.2) is 30.3 Å². The van der Waals surface area contributed by atoms with E-state index in [1.807, 2.05) is 37.3 Å². The van der Waals surface area contributed by atoms with Gasteiger partial charge in [-0.2, -0.15) is 5.10 Å². The van der Waals surface area contributed by atoms with Crippen LogP contribution in [0.4, 0.5) is 0 Å². The van der Waals surface area contributed by atoms with E-state index < -0.39 is 14.9 Å². The number of nitrogens with zero attached hydrogens (tertiary/aromatic N) is 3. The summed E-state index contributed by atoms with van der Waals surface area (Å²) in [5.74, 6) is -0.135.